The lowest BCUT2D eigenvalue weighted by molar-refractivity contribution is -0.143. The Labute approximate surface area is 164 Å². The lowest BCUT2D eigenvalue weighted by Gasteiger charge is -2.16. The fraction of sp³-hybridized carbons (Fsp3) is 0.316. The Morgan fingerprint density at radius 2 is 1.30 bits per heavy atom. The first kappa shape index (κ1) is 23.6. The van der Waals surface area contributed by atoms with Gasteiger partial charge in [-0.1, -0.05) is 30.3 Å². The Morgan fingerprint density at radius 1 is 0.767 bits per heavy atom. The van der Waals surface area contributed by atoms with Crippen LogP contribution in [0.15, 0.2) is 47.6 Å². The fourth-order valence-electron chi connectivity index (χ4n) is 2.49. The van der Waals surface area contributed by atoms with Gasteiger partial charge in [0.05, 0.1) is 22.4 Å². The quantitative estimate of drug-likeness (QED) is 0.275. The van der Waals surface area contributed by atoms with Crippen molar-refractivity contribution in [3.05, 3.63) is 70.3 Å². The zero-order chi connectivity index (χ0) is 22.7. The summed E-state index contributed by atoms with van der Waals surface area (Å²) in [4.78, 5) is 4.93. The van der Waals surface area contributed by atoms with Gasteiger partial charge in [-0.25, -0.2) is 0 Å². The maximum atomic E-state index is 13.3. The highest BCUT2D eigenvalue weighted by atomic mass is 19.4. The molecule has 0 aliphatic carbocycles. The molecular formula is C19H14F9NO. The van der Waals surface area contributed by atoms with Crippen molar-refractivity contribution in [3.8, 4) is 0 Å². The molecule has 11 heteroatoms. The van der Waals surface area contributed by atoms with Crippen LogP contribution >= 0.6 is 0 Å². The first-order valence-corrected chi connectivity index (χ1v) is 8.37. The smallest absolute Gasteiger partial charge is 0.391 e. The van der Waals surface area contributed by atoms with Crippen LogP contribution in [0.2, 0.25) is 0 Å². The third-order valence-corrected chi connectivity index (χ3v) is 3.99. The Bertz CT molecular complexity index is 894. The van der Waals surface area contributed by atoms with Gasteiger partial charge in [-0.05, 0) is 36.2 Å². The first-order chi connectivity index (χ1) is 13.7. The van der Waals surface area contributed by atoms with Gasteiger partial charge in [0.15, 0.2) is 0 Å². The van der Waals surface area contributed by atoms with Gasteiger partial charge in [-0.3, -0.25) is 0 Å². The van der Waals surface area contributed by atoms with Gasteiger partial charge in [-0.15, -0.1) is 0 Å². The summed E-state index contributed by atoms with van der Waals surface area (Å²) in [6, 6.07) is 5.01. The van der Waals surface area contributed by atoms with E-state index in [1.807, 2.05) is 0 Å². The van der Waals surface area contributed by atoms with Crippen LogP contribution in [0.25, 0.3) is 0 Å². The molecule has 0 unspecified atom stereocenters. The minimum Gasteiger partial charge on any atom is -0.391 e. The molecule has 0 N–H and O–H groups in total. The molecule has 0 heterocycles. The number of hydrogen-bond donors (Lipinski definition) is 0. The van der Waals surface area contributed by atoms with E-state index in [9.17, 15) is 39.5 Å². The number of oxime groups is 1. The summed E-state index contributed by atoms with van der Waals surface area (Å²) in [6.45, 7) is 1.09. The maximum Gasteiger partial charge on any atom is 0.417 e. The molecular weight excluding hydrogens is 429 g/mol. The van der Waals surface area contributed by atoms with Gasteiger partial charge in [0.2, 0.25) is 0 Å². The molecule has 0 aromatic heterocycles. The van der Waals surface area contributed by atoms with Crippen LogP contribution in [-0.4, -0.2) is 5.71 Å². The lowest BCUT2D eigenvalue weighted by Crippen LogP contribution is -2.16. The summed E-state index contributed by atoms with van der Waals surface area (Å²) < 4.78 is 116. The molecule has 30 heavy (non-hydrogen) atoms. The van der Waals surface area contributed by atoms with E-state index in [-0.39, 0.29) is 30.4 Å². The maximum absolute atomic E-state index is 13.3. The number of alkyl halides is 9. The third kappa shape index (κ3) is 5.90. The molecule has 2 nitrogen and oxygen atoms in total. The Morgan fingerprint density at radius 3 is 1.77 bits per heavy atom. The number of nitrogens with zero attached hydrogens (tertiary/aromatic N) is 1. The molecule has 0 bridgehead atoms. The molecule has 0 spiro atoms. The van der Waals surface area contributed by atoms with Crippen molar-refractivity contribution in [1.29, 1.82) is 0 Å². The fourth-order valence-corrected chi connectivity index (χ4v) is 2.49. The van der Waals surface area contributed by atoms with Crippen LogP contribution in [0.4, 0.5) is 39.5 Å². The highest BCUT2D eigenvalue weighted by Gasteiger charge is 2.39. The van der Waals surface area contributed by atoms with Crippen LogP contribution < -0.4 is 0 Å². The van der Waals surface area contributed by atoms with E-state index in [1.54, 1.807) is 0 Å². The summed E-state index contributed by atoms with van der Waals surface area (Å²) in [7, 11) is 0. The normalized spacial score (nSPS) is 13.5. The highest BCUT2D eigenvalue weighted by molar-refractivity contribution is 6.01. The Kier molecular flexibility index (Phi) is 6.73. The monoisotopic (exact) mass is 443 g/mol. The van der Waals surface area contributed by atoms with Crippen LogP contribution in [0.3, 0.4) is 0 Å². The third-order valence-electron chi connectivity index (χ3n) is 3.99. The van der Waals surface area contributed by atoms with Gasteiger partial charge < -0.3 is 4.84 Å². The average Bonchev–Trinajstić information content (AvgIpc) is 2.63. The van der Waals surface area contributed by atoms with Gasteiger partial charge in [0.25, 0.3) is 0 Å². The zero-order valence-corrected chi connectivity index (χ0v) is 15.2. The minimum absolute atomic E-state index is 0.00360. The topological polar surface area (TPSA) is 21.6 Å². The van der Waals surface area contributed by atoms with E-state index in [0.717, 1.165) is 24.3 Å². The summed E-state index contributed by atoms with van der Waals surface area (Å²) >= 11 is 0. The van der Waals surface area contributed by atoms with Gasteiger partial charge in [0, 0.05) is 5.56 Å². The van der Waals surface area contributed by atoms with Gasteiger partial charge in [-0.2, -0.15) is 39.5 Å². The first-order valence-electron chi connectivity index (χ1n) is 8.37. The standard InChI is InChI=1S/C19H14F9NO/c1-2-16(29-30-10-11-3-5-12(6-4-11)17(20,21)22)14-8-7-13(18(23,24)25)9-15(14)19(26,27)28/h3-9H,2,10H2,1H3. The Hall–Kier alpha value is -2.72. The van der Waals surface area contributed by atoms with E-state index in [1.165, 1.54) is 6.92 Å². The summed E-state index contributed by atoms with van der Waals surface area (Å²) in [5.74, 6) is 0. The van der Waals surface area contributed by atoms with E-state index >= 15 is 0 Å². The van der Waals surface area contributed by atoms with Crippen molar-refractivity contribution in [1.82, 2.24) is 0 Å². The molecule has 0 aliphatic heterocycles. The number of hydrogen-bond acceptors (Lipinski definition) is 2. The molecule has 2 aromatic rings. The van der Waals surface area contributed by atoms with Gasteiger partial charge in [0.1, 0.15) is 6.61 Å². The van der Waals surface area contributed by atoms with E-state index in [4.69, 9.17) is 4.84 Å². The van der Waals surface area contributed by atoms with Crippen molar-refractivity contribution < 1.29 is 44.4 Å². The van der Waals surface area contributed by atoms with E-state index < -0.39 is 40.8 Å². The second-order valence-corrected chi connectivity index (χ2v) is 6.12. The van der Waals surface area contributed by atoms with Crippen LogP contribution in [0.5, 0.6) is 0 Å². The molecule has 0 atom stereocenters. The van der Waals surface area contributed by atoms with E-state index in [0.29, 0.717) is 12.1 Å². The molecule has 0 radical (unpaired) electrons. The Balaban J connectivity index is 2.27. The molecule has 0 saturated carbocycles. The van der Waals surface area contributed by atoms with Crippen LogP contribution in [-0.2, 0) is 30.0 Å². The number of halogens is 9. The molecule has 2 aromatic carbocycles. The van der Waals surface area contributed by atoms with Crippen molar-refractivity contribution in [3.63, 3.8) is 0 Å². The predicted molar refractivity (Wildman–Crippen MR) is 89.5 cm³/mol. The second-order valence-electron chi connectivity index (χ2n) is 6.12. The van der Waals surface area contributed by atoms with Crippen molar-refractivity contribution in [2.24, 2.45) is 5.16 Å². The predicted octanol–water partition coefficient (Wildman–Crippen LogP) is 7.07. The van der Waals surface area contributed by atoms with Crippen molar-refractivity contribution in [2.45, 2.75) is 38.5 Å². The molecule has 0 aliphatic rings. The molecule has 0 fully saturated rings. The van der Waals surface area contributed by atoms with Gasteiger partial charge >= 0.3 is 18.5 Å². The van der Waals surface area contributed by atoms with Crippen LogP contribution in [0, 0.1) is 0 Å². The second kappa shape index (κ2) is 8.57. The lowest BCUT2D eigenvalue weighted by atomic mass is 9.98. The summed E-state index contributed by atoms with van der Waals surface area (Å²) in [5, 5.41) is 3.56. The summed E-state index contributed by atoms with van der Waals surface area (Å²) in [5.41, 5.74) is -4.43. The number of rotatable bonds is 5. The van der Waals surface area contributed by atoms with E-state index in [2.05, 4.69) is 5.16 Å². The van der Waals surface area contributed by atoms with Crippen molar-refractivity contribution >= 4 is 5.71 Å². The minimum atomic E-state index is -5.07. The van der Waals surface area contributed by atoms with Crippen LogP contribution in [0.1, 0.15) is 41.2 Å². The SMILES string of the molecule is CCC(=NOCc1ccc(C(F)(F)F)cc1)c1ccc(C(F)(F)F)cc1C(F)(F)F. The molecule has 164 valence electrons. The molecule has 0 saturated heterocycles. The largest absolute Gasteiger partial charge is 0.417 e. The molecule has 0 amide bonds. The average molecular weight is 443 g/mol. The highest BCUT2D eigenvalue weighted by Crippen LogP contribution is 2.38. The molecule has 2 rings (SSSR count). The van der Waals surface area contributed by atoms with Crippen molar-refractivity contribution in [2.75, 3.05) is 0 Å². The number of benzene rings is 2. The summed E-state index contributed by atoms with van der Waals surface area (Å²) in [6.07, 6.45) is -14.6. The zero-order valence-electron chi connectivity index (χ0n) is 15.2.